The Morgan fingerprint density at radius 2 is 2.38 bits per heavy atom. The van der Waals surface area contributed by atoms with Crippen molar-refractivity contribution >= 4 is 17.5 Å². The van der Waals surface area contributed by atoms with Gasteiger partial charge in [0, 0.05) is 29.6 Å². The molecule has 1 heterocycles. The molecule has 0 radical (unpaired) electrons. The van der Waals surface area contributed by atoms with Crippen molar-refractivity contribution in [3.63, 3.8) is 0 Å². The molecular weight excluding hydrogens is 326 g/mol. The first-order valence-corrected chi connectivity index (χ1v) is 8.75. The topological polar surface area (TPSA) is 67.0 Å². The Balaban J connectivity index is 1.53. The molecule has 24 heavy (non-hydrogen) atoms. The van der Waals surface area contributed by atoms with Crippen LogP contribution in [0.25, 0.3) is 0 Å². The number of benzene rings is 1. The van der Waals surface area contributed by atoms with Crippen molar-refractivity contribution in [1.29, 1.82) is 0 Å². The minimum Gasteiger partial charge on any atom is -0.494 e. The van der Waals surface area contributed by atoms with E-state index in [1.165, 1.54) is 5.56 Å². The van der Waals surface area contributed by atoms with Crippen LogP contribution >= 0.6 is 11.6 Å². The van der Waals surface area contributed by atoms with E-state index >= 15 is 0 Å². The van der Waals surface area contributed by atoms with Crippen molar-refractivity contribution in [2.24, 2.45) is 5.92 Å². The van der Waals surface area contributed by atoms with Crippen molar-refractivity contribution in [1.82, 2.24) is 15.5 Å². The predicted molar refractivity (Wildman–Crippen MR) is 93.4 cm³/mol. The number of H-pyrrole nitrogens is 1. The molecule has 0 saturated heterocycles. The summed E-state index contributed by atoms with van der Waals surface area (Å²) in [6.45, 7) is 3.13. The average molecular weight is 348 g/mol. The van der Waals surface area contributed by atoms with Gasteiger partial charge in [0.2, 0.25) is 5.91 Å². The van der Waals surface area contributed by atoms with E-state index < -0.39 is 0 Å². The predicted octanol–water partition coefficient (Wildman–Crippen LogP) is 2.93. The molecule has 3 rings (SSSR count). The molecule has 128 valence electrons. The van der Waals surface area contributed by atoms with Crippen LogP contribution in [-0.2, 0) is 24.1 Å². The van der Waals surface area contributed by atoms with Crippen LogP contribution in [0, 0.1) is 5.92 Å². The van der Waals surface area contributed by atoms with Crippen LogP contribution in [0.4, 0.5) is 0 Å². The van der Waals surface area contributed by atoms with E-state index in [1.807, 2.05) is 31.3 Å². The Labute approximate surface area is 146 Å². The Morgan fingerprint density at radius 1 is 1.50 bits per heavy atom. The summed E-state index contributed by atoms with van der Waals surface area (Å²) in [5.74, 6) is 0.954. The van der Waals surface area contributed by atoms with E-state index in [0.29, 0.717) is 24.6 Å². The Bertz CT molecular complexity index is 714. The second-order valence-corrected chi connectivity index (χ2v) is 6.48. The first-order valence-electron chi connectivity index (χ1n) is 8.37. The molecular formula is C18H22ClN3O2. The van der Waals surface area contributed by atoms with E-state index in [1.54, 1.807) is 0 Å². The highest BCUT2D eigenvalue weighted by atomic mass is 35.5. The summed E-state index contributed by atoms with van der Waals surface area (Å²) in [4.78, 5) is 12.4. The molecule has 0 bridgehead atoms. The van der Waals surface area contributed by atoms with E-state index in [9.17, 15) is 4.79 Å². The van der Waals surface area contributed by atoms with Gasteiger partial charge in [-0.15, -0.1) is 0 Å². The van der Waals surface area contributed by atoms with Gasteiger partial charge in [0.05, 0.1) is 12.8 Å². The lowest BCUT2D eigenvalue weighted by molar-refractivity contribution is -0.125. The van der Waals surface area contributed by atoms with Gasteiger partial charge in [-0.1, -0.05) is 11.6 Å². The summed E-state index contributed by atoms with van der Waals surface area (Å²) >= 11 is 6.07. The number of rotatable bonds is 6. The van der Waals surface area contributed by atoms with Crippen LogP contribution in [0.3, 0.4) is 0 Å². The molecule has 1 aromatic heterocycles. The van der Waals surface area contributed by atoms with Gasteiger partial charge in [-0.2, -0.15) is 5.10 Å². The highest BCUT2D eigenvalue weighted by Crippen LogP contribution is 2.25. The van der Waals surface area contributed by atoms with Gasteiger partial charge < -0.3 is 10.1 Å². The number of amides is 1. The lowest BCUT2D eigenvalue weighted by atomic mass is 9.87. The lowest BCUT2D eigenvalue weighted by Crippen LogP contribution is -2.35. The van der Waals surface area contributed by atoms with Gasteiger partial charge >= 0.3 is 0 Å². The summed E-state index contributed by atoms with van der Waals surface area (Å²) in [7, 11) is 0. The van der Waals surface area contributed by atoms with Crippen LogP contribution in [0.15, 0.2) is 24.4 Å². The minimum atomic E-state index is 0.0173. The van der Waals surface area contributed by atoms with Crippen LogP contribution in [0.1, 0.15) is 30.2 Å². The van der Waals surface area contributed by atoms with Crippen molar-refractivity contribution in [3.05, 3.63) is 46.2 Å². The number of fused-ring (bicyclic) bond motifs is 1. The van der Waals surface area contributed by atoms with E-state index in [-0.39, 0.29) is 11.8 Å². The van der Waals surface area contributed by atoms with E-state index in [4.69, 9.17) is 16.3 Å². The number of carbonyl (C=O) groups excluding carboxylic acids is 1. The van der Waals surface area contributed by atoms with Gasteiger partial charge in [-0.05, 0) is 55.5 Å². The fourth-order valence-corrected chi connectivity index (χ4v) is 3.33. The van der Waals surface area contributed by atoms with Crippen LogP contribution in [-0.4, -0.2) is 29.3 Å². The minimum absolute atomic E-state index is 0.0173. The van der Waals surface area contributed by atoms with Crippen molar-refractivity contribution < 1.29 is 9.53 Å². The molecule has 6 heteroatoms. The molecule has 0 aliphatic heterocycles. The second kappa shape index (κ2) is 7.71. The third kappa shape index (κ3) is 3.90. The van der Waals surface area contributed by atoms with Gasteiger partial charge in [-0.25, -0.2) is 0 Å². The molecule has 1 aliphatic carbocycles. The number of carbonyl (C=O) groups is 1. The molecule has 1 aromatic carbocycles. The second-order valence-electron chi connectivity index (χ2n) is 6.04. The van der Waals surface area contributed by atoms with Crippen molar-refractivity contribution in [3.8, 4) is 5.75 Å². The summed E-state index contributed by atoms with van der Waals surface area (Å²) in [5.41, 5.74) is 3.35. The van der Waals surface area contributed by atoms with Crippen molar-refractivity contribution in [2.45, 2.75) is 32.6 Å². The number of aromatic nitrogens is 2. The monoisotopic (exact) mass is 347 g/mol. The molecule has 2 aromatic rings. The normalized spacial score (nSPS) is 16.5. The number of hydrogen-bond donors (Lipinski definition) is 2. The molecule has 1 unspecified atom stereocenters. The fraction of sp³-hybridized carbons (Fsp3) is 0.444. The summed E-state index contributed by atoms with van der Waals surface area (Å²) < 4.78 is 5.61. The quantitative estimate of drug-likeness (QED) is 0.844. The Hall–Kier alpha value is -2.01. The van der Waals surface area contributed by atoms with Gasteiger partial charge in [0.15, 0.2) is 0 Å². The number of hydrogen-bond acceptors (Lipinski definition) is 3. The fourth-order valence-electron chi connectivity index (χ4n) is 3.14. The maximum absolute atomic E-state index is 12.4. The molecule has 1 amide bonds. The Morgan fingerprint density at radius 3 is 3.21 bits per heavy atom. The SMILES string of the molecule is CCOc1ccc(Cl)cc1CCNC(=O)C1CCc2cn[nH]c2C1. The summed E-state index contributed by atoms with van der Waals surface area (Å²) in [6.07, 6.45) is 5.08. The maximum Gasteiger partial charge on any atom is 0.223 e. The van der Waals surface area contributed by atoms with Crippen LogP contribution in [0.2, 0.25) is 5.02 Å². The molecule has 5 nitrogen and oxygen atoms in total. The van der Waals surface area contributed by atoms with Crippen molar-refractivity contribution in [2.75, 3.05) is 13.2 Å². The summed E-state index contributed by atoms with van der Waals surface area (Å²) in [5, 5.41) is 10.8. The highest BCUT2D eigenvalue weighted by molar-refractivity contribution is 6.30. The van der Waals surface area contributed by atoms with Gasteiger partial charge in [0.25, 0.3) is 0 Å². The number of halogens is 1. The number of aromatic amines is 1. The molecule has 2 N–H and O–H groups in total. The number of aryl methyl sites for hydroxylation is 1. The molecule has 1 aliphatic rings. The lowest BCUT2D eigenvalue weighted by Gasteiger charge is -2.21. The van der Waals surface area contributed by atoms with Crippen LogP contribution in [0.5, 0.6) is 5.75 Å². The zero-order valence-electron chi connectivity index (χ0n) is 13.8. The summed E-state index contributed by atoms with van der Waals surface area (Å²) in [6, 6.07) is 5.60. The average Bonchev–Trinajstić information content (AvgIpc) is 3.05. The zero-order valence-corrected chi connectivity index (χ0v) is 14.5. The van der Waals surface area contributed by atoms with E-state index in [0.717, 1.165) is 36.3 Å². The molecule has 0 spiro atoms. The molecule has 0 fully saturated rings. The largest absolute Gasteiger partial charge is 0.494 e. The van der Waals surface area contributed by atoms with E-state index in [2.05, 4.69) is 15.5 Å². The third-order valence-corrected chi connectivity index (χ3v) is 4.64. The smallest absolute Gasteiger partial charge is 0.223 e. The number of nitrogens with one attached hydrogen (secondary N) is 2. The highest BCUT2D eigenvalue weighted by Gasteiger charge is 2.25. The third-order valence-electron chi connectivity index (χ3n) is 4.41. The Kier molecular flexibility index (Phi) is 5.41. The number of nitrogens with zero attached hydrogens (tertiary/aromatic N) is 1. The zero-order chi connectivity index (χ0) is 16.9. The van der Waals surface area contributed by atoms with Gasteiger partial charge in [0.1, 0.15) is 5.75 Å². The first-order chi connectivity index (χ1) is 11.7. The number of ether oxygens (including phenoxy) is 1. The standard InChI is InChI=1S/C18H22ClN3O2/c1-2-24-17-6-5-15(19)9-12(17)7-8-20-18(23)13-3-4-14-11-21-22-16(14)10-13/h5-6,9,11,13H,2-4,7-8,10H2,1H3,(H,20,23)(H,21,22). The van der Waals surface area contributed by atoms with Crippen LogP contribution < -0.4 is 10.1 Å². The first kappa shape index (κ1) is 16.8. The van der Waals surface area contributed by atoms with Gasteiger partial charge in [-0.3, -0.25) is 9.89 Å². The molecule has 1 atom stereocenters. The maximum atomic E-state index is 12.4. The molecule has 0 saturated carbocycles.